The number of sulfonamides is 1. The summed E-state index contributed by atoms with van der Waals surface area (Å²) in [5, 5.41) is 1.50. The molecule has 0 aliphatic rings. The van der Waals surface area contributed by atoms with Crippen LogP contribution in [0.1, 0.15) is 12.5 Å². The lowest BCUT2D eigenvalue weighted by Gasteiger charge is -2.25. The summed E-state index contributed by atoms with van der Waals surface area (Å²) in [5.41, 5.74) is -1.17. The summed E-state index contributed by atoms with van der Waals surface area (Å²) < 4.78 is 66.2. The summed E-state index contributed by atoms with van der Waals surface area (Å²) in [6.07, 6.45) is -4.61. The van der Waals surface area contributed by atoms with Crippen molar-refractivity contribution in [1.29, 1.82) is 0 Å². The third-order valence-electron chi connectivity index (χ3n) is 4.14. The largest absolute Gasteiger partial charge is 0.416 e. The molecule has 8 heteroatoms. The summed E-state index contributed by atoms with van der Waals surface area (Å²) in [5.74, 6) is 0. The van der Waals surface area contributed by atoms with Crippen molar-refractivity contribution < 1.29 is 21.6 Å². The molecule has 3 aromatic rings. The van der Waals surface area contributed by atoms with Gasteiger partial charge in [-0.2, -0.15) is 13.2 Å². The van der Waals surface area contributed by atoms with Gasteiger partial charge in [0.05, 0.1) is 21.2 Å². The van der Waals surface area contributed by atoms with Gasteiger partial charge in [-0.15, -0.1) is 0 Å². The molecule has 0 aliphatic carbocycles. The average Bonchev–Trinajstić information content (AvgIpc) is 2.62. The first-order valence-electron chi connectivity index (χ1n) is 8.03. The molecule has 0 amide bonds. The number of fused-ring (bicyclic) bond motifs is 1. The van der Waals surface area contributed by atoms with Crippen molar-refractivity contribution in [1.82, 2.24) is 0 Å². The Kier molecular flexibility index (Phi) is 5.10. The maximum absolute atomic E-state index is 13.1. The molecule has 0 fully saturated rings. The molecule has 3 rings (SSSR count). The number of anilines is 1. The highest BCUT2D eigenvalue weighted by Crippen LogP contribution is 2.37. The third kappa shape index (κ3) is 3.75. The predicted molar refractivity (Wildman–Crippen MR) is 101 cm³/mol. The Morgan fingerprint density at radius 2 is 1.63 bits per heavy atom. The maximum Gasteiger partial charge on any atom is 0.416 e. The van der Waals surface area contributed by atoms with Gasteiger partial charge in [-0.1, -0.05) is 41.9 Å². The molecular formula is C19H15ClF3NO2S. The van der Waals surface area contributed by atoms with Crippen LogP contribution in [-0.4, -0.2) is 15.0 Å². The molecule has 0 radical (unpaired) electrons. The second kappa shape index (κ2) is 7.05. The van der Waals surface area contributed by atoms with E-state index in [2.05, 4.69) is 0 Å². The summed E-state index contributed by atoms with van der Waals surface area (Å²) in [6, 6.07) is 14.4. The molecule has 0 saturated heterocycles. The molecule has 0 saturated carbocycles. The van der Waals surface area contributed by atoms with Crippen LogP contribution in [0.15, 0.2) is 65.6 Å². The molecule has 3 aromatic carbocycles. The van der Waals surface area contributed by atoms with E-state index < -0.39 is 21.8 Å². The van der Waals surface area contributed by atoms with Crippen LogP contribution >= 0.6 is 11.6 Å². The molecule has 0 aromatic heterocycles. The van der Waals surface area contributed by atoms with Crippen LogP contribution in [0.25, 0.3) is 10.8 Å². The Balaban J connectivity index is 2.13. The Labute approximate surface area is 160 Å². The van der Waals surface area contributed by atoms with Crippen LogP contribution in [-0.2, 0) is 16.2 Å². The number of rotatable bonds is 4. The highest BCUT2D eigenvalue weighted by Gasteiger charge is 2.33. The van der Waals surface area contributed by atoms with E-state index in [1.807, 2.05) is 12.1 Å². The number of hydrogen-bond acceptors (Lipinski definition) is 2. The van der Waals surface area contributed by atoms with E-state index in [-0.39, 0.29) is 22.2 Å². The average molecular weight is 414 g/mol. The smallest absolute Gasteiger partial charge is 0.265 e. The zero-order valence-corrected chi connectivity index (χ0v) is 15.7. The van der Waals surface area contributed by atoms with Gasteiger partial charge in [-0.3, -0.25) is 4.31 Å². The molecule has 3 nitrogen and oxygen atoms in total. The molecular weight excluding hydrogens is 399 g/mol. The van der Waals surface area contributed by atoms with E-state index in [0.717, 1.165) is 27.9 Å². The quantitative estimate of drug-likeness (QED) is 0.548. The number of halogens is 4. The predicted octanol–water partition coefficient (Wildman–Crippen LogP) is 5.73. The van der Waals surface area contributed by atoms with Gasteiger partial charge in [-0.05, 0) is 48.0 Å². The van der Waals surface area contributed by atoms with Crippen molar-refractivity contribution in [3.8, 4) is 0 Å². The second-order valence-electron chi connectivity index (χ2n) is 5.84. The van der Waals surface area contributed by atoms with E-state index in [1.54, 1.807) is 18.2 Å². The van der Waals surface area contributed by atoms with Gasteiger partial charge < -0.3 is 0 Å². The first-order valence-corrected chi connectivity index (χ1v) is 9.84. The van der Waals surface area contributed by atoms with Crippen molar-refractivity contribution in [2.75, 3.05) is 10.8 Å². The standard InChI is InChI=1S/C19H15ClF3NO2S/c1-2-24(18-12-15(19(21,22)23)8-10-17(18)20)27(25,26)16-9-7-13-5-3-4-6-14(13)11-16/h3-12H,2H2,1H3. The first-order chi connectivity index (χ1) is 12.6. The molecule has 0 heterocycles. The Morgan fingerprint density at radius 1 is 0.963 bits per heavy atom. The normalized spacial score (nSPS) is 12.3. The van der Waals surface area contributed by atoms with Gasteiger partial charge in [0, 0.05) is 6.54 Å². The number of nitrogens with zero attached hydrogens (tertiary/aromatic N) is 1. The fraction of sp³-hybridized carbons (Fsp3) is 0.158. The highest BCUT2D eigenvalue weighted by molar-refractivity contribution is 7.92. The van der Waals surface area contributed by atoms with Crippen molar-refractivity contribution in [3.63, 3.8) is 0 Å². The zero-order valence-electron chi connectivity index (χ0n) is 14.2. The van der Waals surface area contributed by atoms with Crippen molar-refractivity contribution in [2.45, 2.75) is 18.0 Å². The molecule has 0 atom stereocenters. The van der Waals surface area contributed by atoms with Gasteiger partial charge in [0.2, 0.25) is 0 Å². The molecule has 0 bridgehead atoms. The topological polar surface area (TPSA) is 37.4 Å². The van der Waals surface area contributed by atoms with Gasteiger partial charge >= 0.3 is 6.18 Å². The van der Waals surface area contributed by atoms with Crippen LogP contribution in [0, 0.1) is 0 Å². The van der Waals surface area contributed by atoms with E-state index >= 15 is 0 Å². The molecule has 0 aliphatic heterocycles. The summed E-state index contributed by atoms with van der Waals surface area (Å²) >= 11 is 6.03. The minimum Gasteiger partial charge on any atom is -0.265 e. The molecule has 0 spiro atoms. The Hall–Kier alpha value is -2.25. The van der Waals surface area contributed by atoms with E-state index in [4.69, 9.17) is 11.6 Å². The SMILES string of the molecule is CCN(c1cc(C(F)(F)F)ccc1Cl)S(=O)(=O)c1ccc2ccccc2c1. The van der Waals surface area contributed by atoms with Gasteiger partial charge in [0.25, 0.3) is 10.0 Å². The fourth-order valence-corrected chi connectivity index (χ4v) is 4.59. The van der Waals surface area contributed by atoms with Gasteiger partial charge in [0.15, 0.2) is 0 Å². The lowest BCUT2D eigenvalue weighted by atomic mass is 10.1. The minimum absolute atomic E-state index is 0.0171. The second-order valence-corrected chi connectivity index (χ2v) is 8.11. The van der Waals surface area contributed by atoms with Gasteiger partial charge in [0.1, 0.15) is 0 Å². The van der Waals surface area contributed by atoms with Crippen LogP contribution in [0.4, 0.5) is 18.9 Å². The van der Waals surface area contributed by atoms with E-state index in [0.29, 0.717) is 5.39 Å². The lowest BCUT2D eigenvalue weighted by molar-refractivity contribution is -0.137. The first kappa shape index (κ1) is 19.5. The zero-order chi connectivity index (χ0) is 19.8. The van der Waals surface area contributed by atoms with E-state index in [9.17, 15) is 21.6 Å². The van der Waals surface area contributed by atoms with Crippen molar-refractivity contribution >= 4 is 38.1 Å². The molecule has 27 heavy (non-hydrogen) atoms. The number of alkyl halides is 3. The van der Waals surface area contributed by atoms with Crippen LogP contribution in [0.3, 0.4) is 0 Å². The van der Waals surface area contributed by atoms with Crippen LogP contribution < -0.4 is 4.31 Å². The monoisotopic (exact) mass is 413 g/mol. The molecule has 0 unspecified atom stereocenters. The lowest BCUT2D eigenvalue weighted by Crippen LogP contribution is -2.31. The fourth-order valence-electron chi connectivity index (χ4n) is 2.80. The molecule has 0 N–H and O–H groups in total. The molecule has 142 valence electrons. The van der Waals surface area contributed by atoms with Crippen molar-refractivity contribution in [2.24, 2.45) is 0 Å². The van der Waals surface area contributed by atoms with Crippen LogP contribution in [0.2, 0.25) is 5.02 Å². The Morgan fingerprint density at radius 3 is 2.26 bits per heavy atom. The third-order valence-corrected chi connectivity index (χ3v) is 6.34. The maximum atomic E-state index is 13.1. The highest BCUT2D eigenvalue weighted by atomic mass is 35.5. The Bertz CT molecular complexity index is 1100. The van der Waals surface area contributed by atoms with Gasteiger partial charge in [-0.25, -0.2) is 8.42 Å². The summed E-state index contributed by atoms with van der Waals surface area (Å²) in [7, 11) is -4.10. The van der Waals surface area contributed by atoms with Crippen LogP contribution in [0.5, 0.6) is 0 Å². The summed E-state index contributed by atoms with van der Waals surface area (Å²) in [6.45, 7) is 1.46. The minimum atomic E-state index is -4.61. The van der Waals surface area contributed by atoms with E-state index in [1.165, 1.54) is 19.1 Å². The number of benzene rings is 3. The number of hydrogen-bond donors (Lipinski definition) is 0. The van der Waals surface area contributed by atoms with Crippen molar-refractivity contribution in [3.05, 3.63) is 71.2 Å². The summed E-state index contributed by atoms with van der Waals surface area (Å²) in [4.78, 5) is -0.0171.